The summed E-state index contributed by atoms with van der Waals surface area (Å²) in [4.78, 5) is 9.32. The van der Waals surface area contributed by atoms with E-state index in [0.717, 1.165) is 30.3 Å². The average Bonchev–Trinajstić information content (AvgIpc) is 2.45. The average molecular weight is 279 g/mol. The number of anilines is 1. The number of hydrogen-bond acceptors (Lipinski definition) is 5. The van der Waals surface area contributed by atoms with E-state index in [9.17, 15) is 0 Å². The second-order valence-electron chi connectivity index (χ2n) is 5.45. The van der Waals surface area contributed by atoms with Crippen LogP contribution in [-0.2, 0) is 9.47 Å². The Morgan fingerprint density at radius 2 is 2.10 bits per heavy atom. The molecule has 0 saturated carbocycles. The van der Waals surface area contributed by atoms with Crippen LogP contribution in [0, 0.1) is 6.92 Å². The van der Waals surface area contributed by atoms with Crippen LogP contribution in [0.25, 0.3) is 0 Å². The summed E-state index contributed by atoms with van der Waals surface area (Å²) in [5.41, 5.74) is 2.22. The van der Waals surface area contributed by atoms with Crippen molar-refractivity contribution in [2.45, 2.75) is 46.1 Å². The van der Waals surface area contributed by atoms with Crippen LogP contribution in [0.3, 0.4) is 0 Å². The summed E-state index contributed by atoms with van der Waals surface area (Å²) in [6, 6.07) is 0. The van der Waals surface area contributed by atoms with Gasteiger partial charge in [-0.25, -0.2) is 9.97 Å². The summed E-state index contributed by atoms with van der Waals surface area (Å²) in [6.45, 7) is 11.2. The quantitative estimate of drug-likeness (QED) is 0.898. The van der Waals surface area contributed by atoms with E-state index in [2.05, 4.69) is 36.1 Å². The molecule has 1 aromatic heterocycles. The Morgan fingerprint density at radius 1 is 1.30 bits per heavy atom. The highest BCUT2D eigenvalue weighted by molar-refractivity contribution is 5.48. The van der Waals surface area contributed by atoms with Crippen molar-refractivity contribution < 1.29 is 9.47 Å². The summed E-state index contributed by atoms with van der Waals surface area (Å²) in [5, 5.41) is 3.42. The predicted molar refractivity (Wildman–Crippen MR) is 79.2 cm³/mol. The van der Waals surface area contributed by atoms with E-state index in [1.165, 1.54) is 5.56 Å². The molecule has 20 heavy (non-hydrogen) atoms. The molecule has 1 aromatic rings. The molecule has 5 heteroatoms. The largest absolute Gasteiger partial charge is 0.376 e. The van der Waals surface area contributed by atoms with E-state index < -0.39 is 0 Å². The molecular weight excluding hydrogens is 254 g/mol. The minimum atomic E-state index is -0.147. The van der Waals surface area contributed by atoms with Gasteiger partial charge in [-0.2, -0.15) is 0 Å². The number of aryl methyl sites for hydroxylation is 1. The smallest absolute Gasteiger partial charge is 0.162 e. The van der Waals surface area contributed by atoms with Gasteiger partial charge >= 0.3 is 0 Å². The third-order valence-corrected chi connectivity index (χ3v) is 3.38. The maximum absolute atomic E-state index is 5.70. The second-order valence-corrected chi connectivity index (χ2v) is 5.45. The predicted octanol–water partition coefficient (Wildman–Crippen LogP) is 2.82. The van der Waals surface area contributed by atoms with E-state index in [1.807, 2.05) is 6.92 Å². The van der Waals surface area contributed by atoms with Crippen molar-refractivity contribution in [3.05, 3.63) is 17.1 Å². The van der Waals surface area contributed by atoms with Crippen LogP contribution in [0.15, 0.2) is 0 Å². The highest BCUT2D eigenvalue weighted by Crippen LogP contribution is 2.28. The zero-order valence-electron chi connectivity index (χ0n) is 12.9. The summed E-state index contributed by atoms with van der Waals surface area (Å²) in [5.74, 6) is 2.07. The van der Waals surface area contributed by atoms with Crippen LogP contribution in [-0.4, -0.2) is 36.3 Å². The topological polar surface area (TPSA) is 56.3 Å². The fourth-order valence-corrected chi connectivity index (χ4v) is 2.45. The van der Waals surface area contributed by atoms with Gasteiger partial charge in [0.1, 0.15) is 11.9 Å². The molecule has 0 spiro atoms. The van der Waals surface area contributed by atoms with E-state index in [4.69, 9.17) is 9.47 Å². The Labute approximate surface area is 121 Å². The second kappa shape index (κ2) is 6.99. The lowest BCUT2D eigenvalue weighted by Crippen LogP contribution is -2.25. The zero-order chi connectivity index (χ0) is 14.5. The lowest BCUT2D eigenvalue weighted by molar-refractivity contribution is -0.0935. The van der Waals surface area contributed by atoms with E-state index >= 15 is 0 Å². The lowest BCUT2D eigenvalue weighted by atomic mass is 10.0. The van der Waals surface area contributed by atoms with Crippen LogP contribution < -0.4 is 5.32 Å². The normalized spacial score (nSPS) is 19.4. The van der Waals surface area contributed by atoms with E-state index in [-0.39, 0.29) is 6.10 Å². The number of aromatic nitrogens is 2. The molecule has 0 radical (unpaired) electrons. The highest BCUT2D eigenvalue weighted by atomic mass is 16.6. The fraction of sp³-hybridized carbons (Fsp3) is 0.733. The number of ether oxygens (including phenoxy) is 2. The first-order valence-electron chi connectivity index (χ1n) is 7.45. The first kappa shape index (κ1) is 15.2. The van der Waals surface area contributed by atoms with Gasteiger partial charge < -0.3 is 14.8 Å². The van der Waals surface area contributed by atoms with Gasteiger partial charge in [-0.05, 0) is 19.3 Å². The monoisotopic (exact) mass is 279 g/mol. The molecule has 1 aliphatic rings. The SMILES string of the molecule is CCCNc1nc(C2COCCO2)nc(C)c1C(C)C. The molecule has 0 bridgehead atoms. The minimum Gasteiger partial charge on any atom is -0.376 e. The Kier molecular flexibility index (Phi) is 5.31. The van der Waals surface area contributed by atoms with E-state index in [0.29, 0.717) is 25.7 Å². The molecule has 1 unspecified atom stereocenters. The van der Waals surface area contributed by atoms with Crippen molar-refractivity contribution in [1.29, 1.82) is 0 Å². The first-order chi connectivity index (χ1) is 9.63. The molecule has 1 saturated heterocycles. The molecule has 1 fully saturated rings. The van der Waals surface area contributed by atoms with Crippen LogP contribution in [0.2, 0.25) is 0 Å². The van der Waals surface area contributed by atoms with Gasteiger partial charge in [-0.3, -0.25) is 0 Å². The summed E-state index contributed by atoms with van der Waals surface area (Å²) in [7, 11) is 0. The number of nitrogens with zero attached hydrogens (tertiary/aromatic N) is 2. The molecule has 5 nitrogen and oxygen atoms in total. The van der Waals surface area contributed by atoms with E-state index in [1.54, 1.807) is 0 Å². The molecule has 1 aliphatic heterocycles. The fourth-order valence-electron chi connectivity index (χ4n) is 2.45. The maximum atomic E-state index is 5.70. The van der Waals surface area contributed by atoms with Crippen LogP contribution >= 0.6 is 0 Å². The molecule has 1 N–H and O–H groups in total. The van der Waals surface area contributed by atoms with Crippen LogP contribution in [0.5, 0.6) is 0 Å². The van der Waals surface area contributed by atoms with Crippen molar-refractivity contribution >= 4 is 5.82 Å². The Morgan fingerprint density at radius 3 is 2.70 bits per heavy atom. The summed E-state index contributed by atoms with van der Waals surface area (Å²) in [6.07, 6.45) is 0.921. The maximum Gasteiger partial charge on any atom is 0.162 e. The Hall–Kier alpha value is -1.20. The molecule has 0 aliphatic carbocycles. The van der Waals surface area contributed by atoms with Gasteiger partial charge in [0.05, 0.1) is 19.8 Å². The van der Waals surface area contributed by atoms with Gasteiger partial charge in [0.25, 0.3) is 0 Å². The van der Waals surface area contributed by atoms with Crippen LogP contribution in [0.1, 0.15) is 56.3 Å². The van der Waals surface area contributed by atoms with Crippen LogP contribution in [0.4, 0.5) is 5.82 Å². The molecule has 0 aromatic carbocycles. The van der Waals surface area contributed by atoms with Gasteiger partial charge in [-0.15, -0.1) is 0 Å². The lowest BCUT2D eigenvalue weighted by Gasteiger charge is -2.24. The van der Waals surface area contributed by atoms with Crippen molar-refractivity contribution in [2.24, 2.45) is 0 Å². The molecule has 1 atom stereocenters. The molecule has 2 rings (SSSR count). The Bertz CT molecular complexity index is 443. The first-order valence-corrected chi connectivity index (χ1v) is 7.45. The number of rotatable bonds is 5. The minimum absolute atomic E-state index is 0.147. The summed E-state index contributed by atoms with van der Waals surface area (Å²) < 4.78 is 11.2. The van der Waals surface area contributed by atoms with Gasteiger partial charge in [-0.1, -0.05) is 20.8 Å². The van der Waals surface area contributed by atoms with Gasteiger partial charge in [0, 0.05) is 17.8 Å². The van der Waals surface area contributed by atoms with Crippen molar-refractivity contribution in [3.63, 3.8) is 0 Å². The summed E-state index contributed by atoms with van der Waals surface area (Å²) >= 11 is 0. The highest BCUT2D eigenvalue weighted by Gasteiger charge is 2.23. The molecule has 112 valence electrons. The van der Waals surface area contributed by atoms with Gasteiger partial charge in [0.2, 0.25) is 0 Å². The third-order valence-electron chi connectivity index (χ3n) is 3.38. The molecule has 0 amide bonds. The standard InChI is InChI=1S/C15H25N3O2/c1-5-6-16-15-13(10(2)3)11(4)17-14(18-15)12-9-19-7-8-20-12/h10,12H,5-9H2,1-4H3,(H,16,17,18). The molecule has 2 heterocycles. The van der Waals surface area contributed by atoms with Crippen molar-refractivity contribution in [1.82, 2.24) is 9.97 Å². The molecular formula is C15H25N3O2. The number of hydrogen-bond donors (Lipinski definition) is 1. The van der Waals surface area contributed by atoms with Crippen molar-refractivity contribution in [2.75, 3.05) is 31.7 Å². The van der Waals surface area contributed by atoms with Gasteiger partial charge in [0.15, 0.2) is 5.82 Å². The zero-order valence-corrected chi connectivity index (χ0v) is 12.9. The third kappa shape index (κ3) is 3.46. The van der Waals surface area contributed by atoms with Crippen molar-refractivity contribution in [3.8, 4) is 0 Å². The Balaban J connectivity index is 2.31. The number of nitrogens with one attached hydrogen (secondary N) is 1.